The van der Waals surface area contributed by atoms with Crippen LogP contribution in [0, 0.1) is 11.8 Å². The normalized spacial score (nSPS) is 22.0. The average molecular weight is 331 g/mol. The van der Waals surface area contributed by atoms with Crippen molar-refractivity contribution < 1.29 is 4.21 Å². The number of rotatable bonds is 5. The molecule has 1 aliphatic rings. The molecular formula is C18H38N2OS. The quantitative estimate of drug-likeness (QED) is 0.827. The minimum atomic E-state index is -0.975. The third kappa shape index (κ3) is 6.29. The minimum Gasteiger partial charge on any atom is -0.298 e. The summed E-state index contributed by atoms with van der Waals surface area (Å²) in [6.45, 7) is 19.9. The fraction of sp³-hybridized carbons (Fsp3) is 1.00. The maximum Gasteiger partial charge on any atom is 0.0972 e. The van der Waals surface area contributed by atoms with Crippen LogP contribution in [-0.4, -0.2) is 38.5 Å². The van der Waals surface area contributed by atoms with Gasteiger partial charge in [0.15, 0.2) is 0 Å². The van der Waals surface area contributed by atoms with Crippen molar-refractivity contribution in [3.8, 4) is 0 Å². The average Bonchev–Trinajstić information content (AvgIpc) is 2.35. The smallest absolute Gasteiger partial charge is 0.0972 e. The highest BCUT2D eigenvalue weighted by molar-refractivity contribution is 7.84. The van der Waals surface area contributed by atoms with Crippen LogP contribution >= 0.6 is 0 Å². The molecule has 132 valence electrons. The Bertz CT molecular complexity index is 360. The third-order valence-electron chi connectivity index (χ3n) is 4.60. The Labute approximate surface area is 141 Å². The molecule has 0 aliphatic carbocycles. The van der Waals surface area contributed by atoms with Gasteiger partial charge in [-0.25, -0.2) is 8.93 Å². The van der Waals surface area contributed by atoms with Crippen LogP contribution in [0.3, 0.4) is 0 Å². The molecule has 1 N–H and O–H groups in total. The van der Waals surface area contributed by atoms with Crippen molar-refractivity contribution in [2.75, 3.05) is 13.1 Å². The van der Waals surface area contributed by atoms with Crippen LogP contribution in [-0.2, 0) is 11.0 Å². The molecule has 22 heavy (non-hydrogen) atoms. The van der Waals surface area contributed by atoms with Gasteiger partial charge in [-0.1, -0.05) is 13.8 Å². The third-order valence-corrected chi connectivity index (χ3v) is 6.23. The Hall–Kier alpha value is 0.0700. The second kappa shape index (κ2) is 7.76. The Kier molecular flexibility index (Phi) is 7.10. The molecule has 1 aliphatic heterocycles. The van der Waals surface area contributed by atoms with Gasteiger partial charge in [0.05, 0.1) is 15.7 Å². The monoisotopic (exact) mass is 330 g/mol. The lowest BCUT2D eigenvalue weighted by Gasteiger charge is -2.43. The summed E-state index contributed by atoms with van der Waals surface area (Å²) >= 11 is 0. The Morgan fingerprint density at radius 3 is 1.95 bits per heavy atom. The molecule has 1 rings (SSSR count). The van der Waals surface area contributed by atoms with Crippen LogP contribution in [0.15, 0.2) is 0 Å². The number of nitrogens with zero attached hydrogens (tertiary/aromatic N) is 1. The second-order valence-corrected chi connectivity index (χ2v) is 11.2. The van der Waals surface area contributed by atoms with E-state index in [1.165, 1.54) is 12.8 Å². The van der Waals surface area contributed by atoms with Gasteiger partial charge in [0.25, 0.3) is 0 Å². The zero-order chi connectivity index (χ0) is 17.1. The van der Waals surface area contributed by atoms with E-state index in [2.05, 4.69) is 44.2 Å². The van der Waals surface area contributed by atoms with E-state index in [1.807, 2.05) is 20.8 Å². The van der Waals surface area contributed by atoms with Crippen LogP contribution in [0.5, 0.6) is 0 Å². The summed E-state index contributed by atoms with van der Waals surface area (Å²) in [5.74, 6) is 1.28. The van der Waals surface area contributed by atoms with Crippen LogP contribution in [0.1, 0.15) is 74.7 Å². The molecule has 3 nitrogen and oxygen atoms in total. The van der Waals surface area contributed by atoms with E-state index in [1.54, 1.807) is 0 Å². The van der Waals surface area contributed by atoms with Crippen molar-refractivity contribution >= 4 is 11.0 Å². The van der Waals surface area contributed by atoms with Gasteiger partial charge in [0, 0.05) is 11.6 Å². The molecule has 0 bridgehead atoms. The van der Waals surface area contributed by atoms with Crippen LogP contribution in [0.4, 0.5) is 0 Å². The lowest BCUT2D eigenvalue weighted by molar-refractivity contribution is 0.0767. The van der Waals surface area contributed by atoms with E-state index in [0.29, 0.717) is 17.9 Å². The molecule has 0 amide bonds. The number of likely N-dealkylation sites (tertiary alicyclic amines) is 1. The Morgan fingerprint density at radius 1 is 1.09 bits per heavy atom. The highest BCUT2D eigenvalue weighted by atomic mass is 32.2. The Morgan fingerprint density at radius 2 is 1.59 bits per heavy atom. The van der Waals surface area contributed by atoms with E-state index in [0.717, 1.165) is 19.5 Å². The molecular weight excluding hydrogens is 292 g/mol. The molecule has 0 unspecified atom stereocenters. The molecule has 1 heterocycles. The van der Waals surface area contributed by atoms with E-state index in [-0.39, 0.29) is 10.3 Å². The van der Waals surface area contributed by atoms with Gasteiger partial charge in [-0.3, -0.25) is 4.90 Å². The lowest BCUT2D eigenvalue weighted by Crippen LogP contribution is -2.51. The van der Waals surface area contributed by atoms with Crippen molar-refractivity contribution in [2.45, 2.75) is 91.0 Å². The minimum absolute atomic E-state index is 0.193. The zero-order valence-electron chi connectivity index (χ0n) is 16.0. The summed E-state index contributed by atoms with van der Waals surface area (Å²) in [7, 11) is -0.975. The van der Waals surface area contributed by atoms with Crippen molar-refractivity contribution in [1.82, 2.24) is 9.62 Å². The molecule has 0 aromatic rings. The summed E-state index contributed by atoms with van der Waals surface area (Å²) < 4.78 is 15.8. The topological polar surface area (TPSA) is 32.3 Å². The highest BCUT2D eigenvalue weighted by Gasteiger charge is 2.33. The Balaban J connectivity index is 2.68. The summed E-state index contributed by atoms with van der Waals surface area (Å²) in [6.07, 6.45) is 3.54. The zero-order valence-corrected chi connectivity index (χ0v) is 16.8. The van der Waals surface area contributed by atoms with Gasteiger partial charge in [-0.2, -0.15) is 0 Å². The number of nitrogens with one attached hydrogen (secondary N) is 1. The van der Waals surface area contributed by atoms with Gasteiger partial charge < -0.3 is 0 Å². The van der Waals surface area contributed by atoms with Gasteiger partial charge in [-0.05, 0) is 85.7 Å². The summed E-state index contributed by atoms with van der Waals surface area (Å²) in [6, 6.07) is 0.377. The molecule has 4 heteroatoms. The van der Waals surface area contributed by atoms with E-state index in [4.69, 9.17) is 0 Å². The van der Waals surface area contributed by atoms with Crippen molar-refractivity contribution in [3.05, 3.63) is 0 Å². The van der Waals surface area contributed by atoms with Gasteiger partial charge >= 0.3 is 0 Å². The lowest BCUT2D eigenvalue weighted by atomic mass is 9.84. The number of hydrogen-bond acceptors (Lipinski definition) is 2. The van der Waals surface area contributed by atoms with E-state index in [9.17, 15) is 4.21 Å². The molecule has 0 aromatic heterocycles. The predicted molar refractivity (Wildman–Crippen MR) is 98.3 cm³/mol. The molecule has 2 atom stereocenters. The summed E-state index contributed by atoms with van der Waals surface area (Å²) in [5.41, 5.74) is 0.264. The maximum absolute atomic E-state index is 12.5. The molecule has 0 spiro atoms. The van der Waals surface area contributed by atoms with Crippen molar-refractivity contribution in [1.29, 1.82) is 0 Å². The van der Waals surface area contributed by atoms with Crippen LogP contribution in [0.2, 0.25) is 0 Å². The SMILES string of the molecule is CC(C)C[C@H](N[S@](=O)C(C)(C)C)C1CCN(C(C)(C)C)CC1. The first-order valence-corrected chi connectivity index (χ1v) is 9.99. The van der Waals surface area contributed by atoms with Crippen LogP contribution < -0.4 is 4.72 Å². The summed E-state index contributed by atoms with van der Waals surface area (Å²) in [4.78, 5) is 2.58. The molecule has 0 saturated carbocycles. The summed E-state index contributed by atoms with van der Waals surface area (Å²) in [5, 5.41) is 0. The van der Waals surface area contributed by atoms with Gasteiger partial charge in [0.1, 0.15) is 0 Å². The van der Waals surface area contributed by atoms with Crippen molar-refractivity contribution in [3.63, 3.8) is 0 Å². The fourth-order valence-electron chi connectivity index (χ4n) is 3.13. The molecule has 1 fully saturated rings. The molecule has 0 aromatic carbocycles. The van der Waals surface area contributed by atoms with E-state index < -0.39 is 11.0 Å². The first-order chi connectivity index (χ1) is 9.91. The number of piperidine rings is 1. The molecule has 1 saturated heterocycles. The van der Waals surface area contributed by atoms with E-state index >= 15 is 0 Å². The molecule has 0 radical (unpaired) electrons. The predicted octanol–water partition coefficient (Wildman–Crippen LogP) is 3.96. The first kappa shape index (κ1) is 20.1. The first-order valence-electron chi connectivity index (χ1n) is 8.84. The largest absolute Gasteiger partial charge is 0.298 e. The van der Waals surface area contributed by atoms with Crippen molar-refractivity contribution in [2.24, 2.45) is 11.8 Å². The number of hydrogen-bond donors (Lipinski definition) is 1. The highest BCUT2D eigenvalue weighted by Crippen LogP contribution is 2.29. The second-order valence-electron chi connectivity index (χ2n) is 9.23. The standard InChI is InChI=1S/C18H38N2OS/c1-14(2)13-16(19-22(21)18(6,7)8)15-9-11-20(12-10-15)17(3,4)5/h14-16,19H,9-13H2,1-8H3/t16-,22+/m0/s1. The fourth-order valence-corrected chi connectivity index (χ4v) is 4.05. The maximum atomic E-state index is 12.5. The van der Waals surface area contributed by atoms with Crippen LogP contribution in [0.25, 0.3) is 0 Å². The van der Waals surface area contributed by atoms with Gasteiger partial charge in [0.2, 0.25) is 0 Å². The van der Waals surface area contributed by atoms with Gasteiger partial charge in [-0.15, -0.1) is 0 Å².